The summed E-state index contributed by atoms with van der Waals surface area (Å²) in [6, 6.07) is 12.0. The number of methoxy groups -OCH3 is 1. The quantitative estimate of drug-likeness (QED) is 0.283. The molecule has 1 fully saturated rings. The van der Waals surface area contributed by atoms with Crippen molar-refractivity contribution >= 4 is 23.1 Å². The van der Waals surface area contributed by atoms with Crippen LogP contribution < -0.4 is 4.74 Å². The topological polar surface area (TPSA) is 93.4 Å². The number of rotatable bonds is 9. The Morgan fingerprint density at radius 1 is 1.14 bits per heavy atom. The maximum absolute atomic E-state index is 13.3. The predicted molar refractivity (Wildman–Crippen MR) is 132 cm³/mol. The van der Waals surface area contributed by atoms with Crippen LogP contribution in [0.1, 0.15) is 43.3 Å². The zero-order chi connectivity index (χ0) is 25.1. The van der Waals surface area contributed by atoms with Crippen LogP contribution in [0.4, 0.5) is 0 Å². The number of hydrogen-bond donors (Lipinski definition) is 1. The second kappa shape index (κ2) is 10.3. The zero-order valence-corrected chi connectivity index (χ0v) is 20.5. The van der Waals surface area contributed by atoms with Gasteiger partial charge in [0.15, 0.2) is 5.76 Å². The summed E-state index contributed by atoms with van der Waals surface area (Å²) in [7, 11) is 1.54. The lowest BCUT2D eigenvalue weighted by Gasteiger charge is -2.25. The molecule has 1 saturated heterocycles. The number of aryl methyl sites for hydroxylation is 1. The molecule has 0 saturated carbocycles. The summed E-state index contributed by atoms with van der Waals surface area (Å²) >= 11 is 0. The summed E-state index contributed by atoms with van der Waals surface area (Å²) in [6.07, 6.45) is 2.67. The van der Waals surface area contributed by atoms with Crippen LogP contribution in [0.25, 0.3) is 11.4 Å². The van der Waals surface area contributed by atoms with E-state index in [4.69, 9.17) is 9.47 Å². The molecular weight excluding hydrogens is 446 g/mol. The lowest BCUT2D eigenvalue weighted by molar-refractivity contribution is -0.140. The van der Waals surface area contributed by atoms with Crippen LogP contribution in [0, 0.1) is 12.8 Å². The Morgan fingerprint density at radius 2 is 1.94 bits per heavy atom. The van der Waals surface area contributed by atoms with E-state index in [0.717, 1.165) is 6.42 Å². The molecule has 184 valence electrons. The third kappa shape index (κ3) is 4.79. The number of aliphatic hydroxyl groups excluding tert-OH is 1. The number of benzene rings is 1. The molecule has 0 radical (unpaired) electrons. The van der Waals surface area contributed by atoms with Gasteiger partial charge in [-0.05, 0) is 49.1 Å². The van der Waals surface area contributed by atoms with E-state index in [2.05, 4.69) is 18.8 Å². The summed E-state index contributed by atoms with van der Waals surface area (Å²) in [5.74, 6) is -0.513. The van der Waals surface area contributed by atoms with Gasteiger partial charge in [-0.1, -0.05) is 32.0 Å². The predicted octanol–water partition coefficient (Wildman–Crippen LogP) is 4.14. The van der Waals surface area contributed by atoms with E-state index >= 15 is 0 Å². The lowest BCUT2D eigenvalue weighted by atomic mass is 9.96. The fraction of sp³-hybridized carbons (Fsp3) is 0.370. The first-order valence-corrected chi connectivity index (χ1v) is 11.8. The summed E-state index contributed by atoms with van der Waals surface area (Å²) in [6.45, 7) is 7.04. The van der Waals surface area contributed by atoms with Crippen molar-refractivity contribution < 1.29 is 24.2 Å². The molecule has 1 atom stereocenters. The van der Waals surface area contributed by atoms with E-state index < -0.39 is 17.7 Å². The number of aliphatic hydroxyl groups is 1. The first kappa shape index (κ1) is 24.5. The third-order valence-electron chi connectivity index (χ3n) is 6.14. The number of fused-ring (bicyclic) bond motifs is 1. The Hall–Kier alpha value is -3.65. The van der Waals surface area contributed by atoms with Gasteiger partial charge >= 0.3 is 0 Å². The fourth-order valence-electron chi connectivity index (χ4n) is 4.36. The normalized spacial score (nSPS) is 17.6. The lowest BCUT2D eigenvalue weighted by Crippen LogP contribution is -2.32. The van der Waals surface area contributed by atoms with Gasteiger partial charge < -0.3 is 19.5 Å². The number of carbonyl (C=O) groups excluding carboxylic acids is 2. The SMILES string of the molecule is COCCN1C(=O)C(=O)/C(=C(/O)c2c(C)nc3ccccn23)C1c1cccc(OCCC(C)C)c1. The van der Waals surface area contributed by atoms with Gasteiger partial charge in [0.2, 0.25) is 0 Å². The van der Waals surface area contributed by atoms with E-state index in [-0.39, 0.29) is 24.5 Å². The first-order valence-electron chi connectivity index (χ1n) is 11.8. The highest BCUT2D eigenvalue weighted by molar-refractivity contribution is 6.46. The van der Waals surface area contributed by atoms with Crippen LogP contribution in [-0.2, 0) is 14.3 Å². The Kier molecular flexibility index (Phi) is 7.21. The Labute approximate surface area is 204 Å². The molecule has 3 aromatic rings. The molecule has 0 spiro atoms. The van der Waals surface area contributed by atoms with Crippen molar-refractivity contribution in [2.45, 2.75) is 33.2 Å². The summed E-state index contributed by atoms with van der Waals surface area (Å²) in [4.78, 5) is 32.3. The van der Waals surface area contributed by atoms with Gasteiger partial charge in [-0.15, -0.1) is 0 Å². The molecule has 8 nitrogen and oxygen atoms in total. The van der Waals surface area contributed by atoms with Crippen LogP contribution in [0.3, 0.4) is 0 Å². The maximum atomic E-state index is 13.3. The molecule has 1 N–H and O–H groups in total. The Morgan fingerprint density at radius 3 is 2.69 bits per heavy atom. The van der Waals surface area contributed by atoms with Crippen molar-refractivity contribution in [3.05, 3.63) is 71.2 Å². The second-order valence-electron chi connectivity index (χ2n) is 9.06. The van der Waals surface area contributed by atoms with Crippen molar-refractivity contribution in [1.82, 2.24) is 14.3 Å². The highest BCUT2D eigenvalue weighted by atomic mass is 16.5. The van der Waals surface area contributed by atoms with Crippen molar-refractivity contribution in [1.29, 1.82) is 0 Å². The minimum atomic E-state index is -0.785. The van der Waals surface area contributed by atoms with Gasteiger partial charge in [0.05, 0.1) is 30.5 Å². The number of likely N-dealkylation sites (tertiary alicyclic amines) is 1. The molecule has 0 aliphatic carbocycles. The summed E-state index contributed by atoms with van der Waals surface area (Å²) < 4.78 is 12.8. The Bertz CT molecular complexity index is 1280. The number of ether oxygens (including phenoxy) is 2. The summed E-state index contributed by atoms with van der Waals surface area (Å²) in [5, 5.41) is 11.5. The van der Waals surface area contributed by atoms with E-state index in [1.54, 1.807) is 17.5 Å². The van der Waals surface area contributed by atoms with Crippen LogP contribution in [0.15, 0.2) is 54.2 Å². The average Bonchev–Trinajstić information content (AvgIpc) is 3.30. The molecule has 1 amide bonds. The standard InChI is InChI=1S/C27H31N3O5/c1-17(2)11-14-35-20-9-7-8-19(16-20)24-22(26(32)27(33)30(24)13-15-34-4)25(31)23-18(3)28-21-10-5-6-12-29(21)23/h5-10,12,16-17,24,31H,11,13-15H2,1-4H3/b25-22+. The van der Waals surface area contributed by atoms with Crippen molar-refractivity contribution in [2.75, 3.05) is 26.9 Å². The van der Waals surface area contributed by atoms with Gasteiger partial charge in [-0.25, -0.2) is 4.98 Å². The smallest absolute Gasteiger partial charge is 0.295 e. The number of ketones is 1. The van der Waals surface area contributed by atoms with E-state index in [9.17, 15) is 14.7 Å². The third-order valence-corrected chi connectivity index (χ3v) is 6.14. The van der Waals surface area contributed by atoms with E-state index in [1.165, 1.54) is 12.0 Å². The number of carbonyl (C=O) groups is 2. The monoisotopic (exact) mass is 477 g/mol. The van der Waals surface area contributed by atoms with E-state index in [1.807, 2.05) is 42.5 Å². The molecule has 1 unspecified atom stereocenters. The Balaban J connectivity index is 1.83. The van der Waals surface area contributed by atoms with Crippen LogP contribution in [0.5, 0.6) is 5.75 Å². The van der Waals surface area contributed by atoms with Gasteiger partial charge in [0.1, 0.15) is 17.1 Å². The van der Waals surface area contributed by atoms with Crippen molar-refractivity contribution in [2.24, 2.45) is 5.92 Å². The molecule has 1 aromatic carbocycles. The van der Waals surface area contributed by atoms with E-state index in [0.29, 0.717) is 40.9 Å². The molecule has 4 rings (SSSR count). The number of nitrogens with zero attached hydrogens (tertiary/aromatic N) is 3. The van der Waals surface area contributed by atoms with Crippen LogP contribution >= 0.6 is 0 Å². The molecule has 8 heteroatoms. The van der Waals surface area contributed by atoms with Gasteiger partial charge in [0, 0.05) is 19.9 Å². The highest BCUT2D eigenvalue weighted by Gasteiger charge is 2.46. The molecule has 1 aliphatic rings. The van der Waals surface area contributed by atoms with Gasteiger partial charge in [0.25, 0.3) is 11.7 Å². The number of hydrogen-bond acceptors (Lipinski definition) is 6. The molecule has 1 aliphatic heterocycles. The molecule has 35 heavy (non-hydrogen) atoms. The van der Waals surface area contributed by atoms with Crippen molar-refractivity contribution in [3.63, 3.8) is 0 Å². The molecular formula is C27H31N3O5. The van der Waals surface area contributed by atoms with Gasteiger partial charge in [-0.2, -0.15) is 0 Å². The number of amides is 1. The maximum Gasteiger partial charge on any atom is 0.295 e. The minimum Gasteiger partial charge on any atom is -0.505 e. The van der Waals surface area contributed by atoms with Crippen LogP contribution in [0.2, 0.25) is 0 Å². The van der Waals surface area contributed by atoms with Gasteiger partial charge in [-0.3, -0.25) is 14.0 Å². The fourth-order valence-corrected chi connectivity index (χ4v) is 4.36. The first-order chi connectivity index (χ1) is 16.8. The largest absolute Gasteiger partial charge is 0.505 e. The average molecular weight is 478 g/mol. The molecule has 2 aromatic heterocycles. The van der Waals surface area contributed by atoms with Crippen LogP contribution in [-0.4, -0.2) is 57.9 Å². The minimum absolute atomic E-state index is 0.0270. The highest BCUT2D eigenvalue weighted by Crippen LogP contribution is 2.40. The summed E-state index contributed by atoms with van der Waals surface area (Å²) in [5.41, 5.74) is 2.29. The molecule has 0 bridgehead atoms. The number of aromatic nitrogens is 2. The van der Waals surface area contributed by atoms with Crippen molar-refractivity contribution in [3.8, 4) is 5.75 Å². The molecule has 3 heterocycles. The number of imidazole rings is 1. The number of pyridine rings is 1. The second-order valence-corrected chi connectivity index (χ2v) is 9.06. The zero-order valence-electron chi connectivity index (χ0n) is 20.5. The number of Topliss-reactive ketones (excluding diaryl/α,β-unsaturated/α-hetero) is 1.